The number of hydrogen-bond donors (Lipinski definition) is 2. The summed E-state index contributed by atoms with van der Waals surface area (Å²) in [6.45, 7) is 6.49. The first-order valence-electron chi connectivity index (χ1n) is 6.79. The van der Waals surface area contributed by atoms with Crippen molar-refractivity contribution in [3.63, 3.8) is 0 Å². The van der Waals surface area contributed by atoms with E-state index in [2.05, 4.69) is 35.1 Å². The normalized spacial score (nSPS) is 12.6. The maximum Gasteiger partial charge on any atom is 0.224 e. The zero-order chi connectivity index (χ0) is 15.3. The lowest BCUT2D eigenvalue weighted by atomic mass is 9.94. The van der Waals surface area contributed by atoms with Gasteiger partial charge in [0, 0.05) is 12.1 Å². The van der Waals surface area contributed by atoms with Crippen molar-refractivity contribution in [3.05, 3.63) is 28.0 Å². The van der Waals surface area contributed by atoms with E-state index in [0.717, 1.165) is 6.42 Å². The molecule has 1 atom stereocenters. The van der Waals surface area contributed by atoms with Crippen LogP contribution in [-0.4, -0.2) is 12.5 Å². The van der Waals surface area contributed by atoms with Gasteiger partial charge in [0.25, 0.3) is 0 Å². The minimum absolute atomic E-state index is 0.0808. The van der Waals surface area contributed by atoms with Gasteiger partial charge in [-0.1, -0.05) is 13.8 Å². The second-order valence-corrected chi connectivity index (χ2v) is 6.42. The van der Waals surface area contributed by atoms with Crippen molar-refractivity contribution in [2.45, 2.75) is 33.6 Å². The molecule has 112 valence electrons. The fourth-order valence-electron chi connectivity index (χ4n) is 2.17. The van der Waals surface area contributed by atoms with Crippen molar-refractivity contribution < 1.29 is 9.18 Å². The maximum atomic E-state index is 13.3. The molecule has 3 nitrogen and oxygen atoms in total. The number of nitrogens with two attached hydrogens (primary N) is 1. The van der Waals surface area contributed by atoms with Crippen molar-refractivity contribution >= 4 is 27.5 Å². The first-order chi connectivity index (χ1) is 9.33. The zero-order valence-electron chi connectivity index (χ0n) is 12.2. The molecule has 0 radical (unpaired) electrons. The quantitative estimate of drug-likeness (QED) is 0.823. The van der Waals surface area contributed by atoms with Crippen LogP contribution >= 0.6 is 15.9 Å². The van der Waals surface area contributed by atoms with Crippen molar-refractivity contribution in [1.29, 1.82) is 0 Å². The monoisotopic (exact) mass is 344 g/mol. The number of aryl methyl sites for hydroxylation is 1. The Bertz CT molecular complexity index is 477. The van der Waals surface area contributed by atoms with E-state index in [1.54, 1.807) is 13.0 Å². The van der Waals surface area contributed by atoms with Crippen LogP contribution in [0.2, 0.25) is 0 Å². The molecule has 20 heavy (non-hydrogen) atoms. The van der Waals surface area contributed by atoms with Crippen LogP contribution in [-0.2, 0) is 4.79 Å². The number of benzene rings is 1. The lowest BCUT2D eigenvalue weighted by Gasteiger charge is -2.17. The number of amides is 1. The molecule has 3 N–H and O–H groups in total. The summed E-state index contributed by atoms with van der Waals surface area (Å²) in [5, 5.41) is 2.83. The number of carbonyl (C=O) groups is 1. The lowest BCUT2D eigenvalue weighted by Crippen LogP contribution is -2.23. The molecule has 5 heteroatoms. The van der Waals surface area contributed by atoms with Crippen LogP contribution in [0.3, 0.4) is 0 Å². The minimum Gasteiger partial charge on any atom is -0.330 e. The van der Waals surface area contributed by atoms with E-state index >= 15 is 0 Å². The molecule has 0 saturated heterocycles. The van der Waals surface area contributed by atoms with E-state index in [1.807, 2.05) is 0 Å². The van der Waals surface area contributed by atoms with Gasteiger partial charge in [0.2, 0.25) is 5.91 Å². The molecule has 0 saturated carbocycles. The Hall–Kier alpha value is -0.940. The molecule has 0 aliphatic heterocycles. The number of rotatable bonds is 6. The average Bonchev–Trinajstić information content (AvgIpc) is 2.34. The summed E-state index contributed by atoms with van der Waals surface area (Å²) in [6, 6.07) is 2.98. The fourth-order valence-corrected chi connectivity index (χ4v) is 2.52. The Morgan fingerprint density at radius 2 is 2.10 bits per heavy atom. The second kappa shape index (κ2) is 7.74. The zero-order valence-corrected chi connectivity index (χ0v) is 13.8. The molecule has 0 fully saturated rings. The Balaban J connectivity index is 2.68. The first-order valence-corrected chi connectivity index (χ1v) is 7.58. The SMILES string of the molecule is Cc1cc(F)c(Br)cc1NC(=O)C[C@@H](CN)CC(C)C. The molecule has 0 unspecified atom stereocenters. The average molecular weight is 345 g/mol. The largest absolute Gasteiger partial charge is 0.330 e. The molecule has 1 amide bonds. The van der Waals surface area contributed by atoms with Gasteiger partial charge in [-0.05, 0) is 65.4 Å². The van der Waals surface area contributed by atoms with Crippen molar-refractivity contribution in [3.8, 4) is 0 Å². The van der Waals surface area contributed by atoms with Gasteiger partial charge in [-0.25, -0.2) is 4.39 Å². The van der Waals surface area contributed by atoms with Crippen LogP contribution in [0.5, 0.6) is 0 Å². The summed E-state index contributed by atoms with van der Waals surface area (Å²) in [7, 11) is 0. The van der Waals surface area contributed by atoms with Crippen molar-refractivity contribution in [2.24, 2.45) is 17.6 Å². The van der Waals surface area contributed by atoms with Gasteiger partial charge in [-0.15, -0.1) is 0 Å². The highest BCUT2D eigenvalue weighted by molar-refractivity contribution is 9.10. The molecule has 0 aliphatic carbocycles. The van der Waals surface area contributed by atoms with Gasteiger partial charge in [0.05, 0.1) is 4.47 Å². The Morgan fingerprint density at radius 3 is 2.65 bits per heavy atom. The van der Waals surface area contributed by atoms with Gasteiger partial charge in [0.15, 0.2) is 0 Å². The van der Waals surface area contributed by atoms with Crippen LogP contribution < -0.4 is 11.1 Å². The minimum atomic E-state index is -0.333. The van der Waals surface area contributed by atoms with Crippen molar-refractivity contribution in [1.82, 2.24) is 0 Å². The highest BCUT2D eigenvalue weighted by Gasteiger charge is 2.15. The standard InChI is InChI=1S/C15H22BrFN2O/c1-9(2)4-11(8-18)6-15(20)19-14-7-12(16)13(17)5-10(14)3/h5,7,9,11H,4,6,8,18H2,1-3H3,(H,19,20)/t11-/m0/s1. The first kappa shape index (κ1) is 17.1. The molecular weight excluding hydrogens is 323 g/mol. The van der Waals surface area contributed by atoms with E-state index in [-0.39, 0.29) is 17.6 Å². The molecule has 1 aromatic carbocycles. The molecule has 0 bridgehead atoms. The Kier molecular flexibility index (Phi) is 6.62. The van der Waals surface area contributed by atoms with Gasteiger partial charge in [-0.2, -0.15) is 0 Å². The summed E-state index contributed by atoms with van der Waals surface area (Å²) >= 11 is 3.12. The van der Waals surface area contributed by atoms with Crippen LogP contribution in [0.25, 0.3) is 0 Å². The molecule has 0 heterocycles. The third kappa shape index (κ3) is 5.21. The number of nitrogens with one attached hydrogen (secondary N) is 1. The molecule has 1 rings (SSSR count). The lowest BCUT2D eigenvalue weighted by molar-refractivity contribution is -0.117. The second-order valence-electron chi connectivity index (χ2n) is 5.56. The highest BCUT2D eigenvalue weighted by atomic mass is 79.9. The smallest absolute Gasteiger partial charge is 0.224 e. The molecule has 0 spiro atoms. The Labute approximate surface area is 128 Å². The van der Waals surface area contributed by atoms with Crippen molar-refractivity contribution in [2.75, 3.05) is 11.9 Å². The molecule has 1 aromatic rings. The highest BCUT2D eigenvalue weighted by Crippen LogP contribution is 2.25. The third-order valence-electron chi connectivity index (χ3n) is 3.15. The van der Waals surface area contributed by atoms with Gasteiger partial charge < -0.3 is 11.1 Å². The van der Waals surface area contributed by atoms with Crippen LogP contribution in [0.1, 0.15) is 32.3 Å². The topological polar surface area (TPSA) is 55.1 Å². The number of hydrogen-bond acceptors (Lipinski definition) is 2. The van der Waals surface area contributed by atoms with E-state index < -0.39 is 0 Å². The Morgan fingerprint density at radius 1 is 1.45 bits per heavy atom. The van der Waals surface area contributed by atoms with E-state index in [0.29, 0.717) is 34.6 Å². The maximum absolute atomic E-state index is 13.3. The van der Waals surface area contributed by atoms with E-state index in [1.165, 1.54) is 6.07 Å². The van der Waals surface area contributed by atoms with Crippen LogP contribution in [0.15, 0.2) is 16.6 Å². The van der Waals surface area contributed by atoms with Gasteiger partial charge in [-0.3, -0.25) is 4.79 Å². The summed E-state index contributed by atoms with van der Waals surface area (Å²) < 4.78 is 13.7. The van der Waals surface area contributed by atoms with E-state index in [4.69, 9.17) is 5.73 Å². The van der Waals surface area contributed by atoms with Gasteiger partial charge in [0.1, 0.15) is 5.82 Å². The van der Waals surface area contributed by atoms with E-state index in [9.17, 15) is 9.18 Å². The van der Waals surface area contributed by atoms with Crippen LogP contribution in [0.4, 0.5) is 10.1 Å². The number of halogens is 2. The number of anilines is 1. The fraction of sp³-hybridized carbons (Fsp3) is 0.533. The molecular formula is C15H22BrFN2O. The summed E-state index contributed by atoms with van der Waals surface area (Å²) in [5.74, 6) is 0.278. The summed E-state index contributed by atoms with van der Waals surface area (Å²) in [5.41, 5.74) is 7.03. The number of carbonyl (C=O) groups excluding carboxylic acids is 1. The third-order valence-corrected chi connectivity index (χ3v) is 3.76. The predicted molar refractivity (Wildman–Crippen MR) is 84.1 cm³/mol. The van der Waals surface area contributed by atoms with Crippen LogP contribution in [0, 0.1) is 24.6 Å². The van der Waals surface area contributed by atoms with Gasteiger partial charge >= 0.3 is 0 Å². The molecule has 0 aromatic heterocycles. The predicted octanol–water partition coefficient (Wildman–Crippen LogP) is 3.85. The summed E-state index contributed by atoms with van der Waals surface area (Å²) in [4.78, 5) is 12.0. The molecule has 0 aliphatic rings. The summed E-state index contributed by atoms with van der Waals surface area (Å²) in [6.07, 6.45) is 1.32.